The van der Waals surface area contributed by atoms with Crippen LogP contribution in [-0.2, 0) is 0 Å². The summed E-state index contributed by atoms with van der Waals surface area (Å²) >= 11 is 1.96. The van der Waals surface area contributed by atoms with Crippen LogP contribution in [-0.4, -0.2) is 29.3 Å². The molecule has 0 unspecified atom stereocenters. The zero-order chi connectivity index (χ0) is 21.8. The van der Waals surface area contributed by atoms with Crippen molar-refractivity contribution < 1.29 is 28.2 Å². The molecule has 0 heterocycles. The maximum atomic E-state index is 14.3. The van der Waals surface area contributed by atoms with Crippen molar-refractivity contribution in [3.63, 3.8) is 0 Å². The largest absolute Gasteiger partial charge is 0.489 e. The Morgan fingerprint density at radius 2 is 1.80 bits per heavy atom. The zero-order valence-corrected chi connectivity index (χ0v) is 17.9. The monoisotopic (exact) mass is 531 g/mol. The van der Waals surface area contributed by atoms with E-state index < -0.39 is 23.6 Å². The van der Waals surface area contributed by atoms with Crippen LogP contribution in [0.1, 0.15) is 36.0 Å². The second-order valence-corrected chi connectivity index (χ2v) is 8.23. The first-order valence-corrected chi connectivity index (χ1v) is 10.3. The van der Waals surface area contributed by atoms with Gasteiger partial charge in [0.25, 0.3) is 5.91 Å². The lowest BCUT2D eigenvalue weighted by molar-refractivity contribution is 0.0984. The summed E-state index contributed by atoms with van der Waals surface area (Å²) in [7, 11) is 0. The number of hydrogen-bond donors (Lipinski definition) is 4. The van der Waals surface area contributed by atoms with Crippen LogP contribution in [0.25, 0.3) is 0 Å². The Bertz CT molecular complexity index is 965. The van der Waals surface area contributed by atoms with E-state index >= 15 is 0 Å². The molecule has 30 heavy (non-hydrogen) atoms. The normalized spacial score (nSPS) is 18.5. The van der Waals surface area contributed by atoms with Gasteiger partial charge in [0.05, 0.1) is 17.5 Å². The highest BCUT2D eigenvalue weighted by Crippen LogP contribution is 2.34. The molecule has 0 aromatic heterocycles. The smallest absolute Gasteiger partial charge is 0.404 e. The number of carbonyl (C=O) groups excluding carboxylic acids is 1. The third kappa shape index (κ3) is 5.49. The fraction of sp³-hybridized carbons (Fsp3) is 0.300. The number of carbonyl (C=O) groups is 2. The minimum Gasteiger partial charge on any atom is -0.489 e. The van der Waals surface area contributed by atoms with Gasteiger partial charge >= 0.3 is 6.09 Å². The van der Waals surface area contributed by atoms with E-state index in [4.69, 9.17) is 15.6 Å². The van der Waals surface area contributed by atoms with Gasteiger partial charge in [-0.25, -0.2) is 13.6 Å². The van der Waals surface area contributed by atoms with E-state index in [1.54, 1.807) is 6.07 Å². The molecule has 0 aliphatic heterocycles. The summed E-state index contributed by atoms with van der Waals surface area (Å²) in [5, 5.41) is 14.0. The van der Waals surface area contributed by atoms with Crippen molar-refractivity contribution in [3.8, 4) is 5.75 Å². The number of benzene rings is 2. The molecule has 2 aromatic carbocycles. The Morgan fingerprint density at radius 1 is 1.10 bits per heavy atom. The molecule has 0 saturated heterocycles. The molecule has 10 heteroatoms. The SMILES string of the molecule is NC(=O)c1c(Nc2ccc(I)cc2F)cc(F)cc1OC1CCC(NC(=O)O)CC1. The Balaban J connectivity index is 1.83. The molecule has 1 aliphatic carbocycles. The minimum absolute atomic E-state index is 0.00108. The highest BCUT2D eigenvalue weighted by Gasteiger charge is 2.26. The van der Waals surface area contributed by atoms with E-state index in [2.05, 4.69) is 10.6 Å². The third-order valence-electron chi connectivity index (χ3n) is 4.81. The summed E-state index contributed by atoms with van der Waals surface area (Å²) in [6.07, 6.45) is 0.732. The number of nitrogens with two attached hydrogens (primary N) is 1. The average molecular weight is 531 g/mol. The van der Waals surface area contributed by atoms with Gasteiger partial charge in [-0.1, -0.05) is 0 Å². The Labute approximate surface area is 185 Å². The Hall–Kier alpha value is -2.63. The summed E-state index contributed by atoms with van der Waals surface area (Å²) in [5.74, 6) is -2.12. The van der Waals surface area contributed by atoms with E-state index in [1.807, 2.05) is 22.6 Å². The van der Waals surface area contributed by atoms with Crippen LogP contribution >= 0.6 is 22.6 Å². The van der Waals surface area contributed by atoms with Crippen molar-refractivity contribution in [2.45, 2.75) is 37.8 Å². The van der Waals surface area contributed by atoms with Crippen molar-refractivity contribution in [2.75, 3.05) is 5.32 Å². The molecule has 3 rings (SSSR count). The van der Waals surface area contributed by atoms with E-state index in [0.717, 1.165) is 12.1 Å². The number of carboxylic acid groups (broad SMARTS) is 1. The second-order valence-electron chi connectivity index (χ2n) is 6.98. The lowest BCUT2D eigenvalue weighted by Crippen LogP contribution is -2.39. The lowest BCUT2D eigenvalue weighted by atomic mass is 9.93. The highest BCUT2D eigenvalue weighted by atomic mass is 127. The lowest BCUT2D eigenvalue weighted by Gasteiger charge is -2.29. The van der Waals surface area contributed by atoms with Gasteiger partial charge < -0.3 is 26.2 Å². The summed E-state index contributed by atoms with van der Waals surface area (Å²) < 4.78 is 35.0. The van der Waals surface area contributed by atoms with Gasteiger partial charge in [-0.2, -0.15) is 0 Å². The number of ether oxygens (including phenoxy) is 1. The van der Waals surface area contributed by atoms with Crippen LogP contribution in [0.3, 0.4) is 0 Å². The number of anilines is 2. The maximum absolute atomic E-state index is 14.3. The van der Waals surface area contributed by atoms with Crippen molar-refractivity contribution >= 4 is 46.0 Å². The van der Waals surface area contributed by atoms with Crippen LogP contribution < -0.4 is 21.1 Å². The molecule has 0 spiro atoms. The van der Waals surface area contributed by atoms with Gasteiger partial charge in [0.15, 0.2) is 0 Å². The molecule has 1 saturated carbocycles. The number of amides is 2. The standard InChI is InChI=1S/C20H20F2IN3O4/c21-10-7-16(26-15-6-1-11(23)9-14(15)22)18(19(24)27)17(8-10)30-13-4-2-12(3-5-13)25-20(28)29/h1,6-9,12-13,25-26H,2-5H2,(H2,24,27)(H,28,29). The second kappa shape index (κ2) is 9.45. The topological polar surface area (TPSA) is 114 Å². The van der Waals surface area contributed by atoms with Gasteiger partial charge in [-0.3, -0.25) is 4.79 Å². The van der Waals surface area contributed by atoms with E-state index in [0.29, 0.717) is 29.3 Å². The third-order valence-corrected chi connectivity index (χ3v) is 5.48. The Morgan fingerprint density at radius 3 is 2.40 bits per heavy atom. The number of nitrogens with one attached hydrogen (secondary N) is 2. The number of halogens is 3. The van der Waals surface area contributed by atoms with Gasteiger partial charge in [-0.15, -0.1) is 0 Å². The first-order valence-electron chi connectivity index (χ1n) is 9.24. The summed E-state index contributed by atoms with van der Waals surface area (Å²) in [4.78, 5) is 22.9. The van der Waals surface area contributed by atoms with Crippen molar-refractivity contribution in [3.05, 3.63) is 51.1 Å². The minimum atomic E-state index is -1.08. The maximum Gasteiger partial charge on any atom is 0.404 e. The molecule has 2 aromatic rings. The quantitative estimate of drug-likeness (QED) is 0.414. The fourth-order valence-corrected chi connectivity index (χ4v) is 3.90. The van der Waals surface area contributed by atoms with Gasteiger partial charge in [0.2, 0.25) is 0 Å². The highest BCUT2D eigenvalue weighted by molar-refractivity contribution is 14.1. The molecular formula is C20H20F2IN3O4. The van der Waals surface area contributed by atoms with Crippen LogP contribution in [0.15, 0.2) is 30.3 Å². The van der Waals surface area contributed by atoms with Gasteiger partial charge in [-0.05, 0) is 72.5 Å². The molecule has 1 fully saturated rings. The molecule has 7 nitrogen and oxygen atoms in total. The fourth-order valence-electron chi connectivity index (χ4n) is 3.44. The molecule has 160 valence electrons. The first-order chi connectivity index (χ1) is 14.2. The molecule has 2 amide bonds. The predicted octanol–water partition coefficient (Wildman–Crippen LogP) is 4.37. The predicted molar refractivity (Wildman–Crippen MR) is 115 cm³/mol. The van der Waals surface area contributed by atoms with Crippen molar-refractivity contribution in [1.29, 1.82) is 0 Å². The van der Waals surface area contributed by atoms with Gasteiger partial charge in [0.1, 0.15) is 22.9 Å². The van der Waals surface area contributed by atoms with Crippen LogP contribution in [0.5, 0.6) is 5.75 Å². The van der Waals surface area contributed by atoms with Crippen molar-refractivity contribution in [1.82, 2.24) is 5.32 Å². The number of hydrogen-bond acceptors (Lipinski definition) is 4. The number of rotatable bonds is 6. The van der Waals surface area contributed by atoms with Crippen LogP contribution in [0.2, 0.25) is 0 Å². The van der Waals surface area contributed by atoms with E-state index in [-0.39, 0.29) is 34.8 Å². The summed E-state index contributed by atoms with van der Waals surface area (Å²) in [5.41, 5.74) is 5.49. The number of primary amides is 1. The summed E-state index contributed by atoms with van der Waals surface area (Å²) in [6.45, 7) is 0. The van der Waals surface area contributed by atoms with E-state index in [1.165, 1.54) is 12.1 Å². The molecule has 0 atom stereocenters. The molecular weight excluding hydrogens is 511 g/mol. The molecule has 1 aliphatic rings. The average Bonchev–Trinajstić information content (AvgIpc) is 2.64. The Kier molecular flexibility index (Phi) is 6.95. The zero-order valence-electron chi connectivity index (χ0n) is 15.8. The summed E-state index contributed by atoms with van der Waals surface area (Å²) in [6, 6.07) is 6.38. The molecule has 0 bridgehead atoms. The molecule has 0 radical (unpaired) electrons. The van der Waals surface area contributed by atoms with Crippen LogP contribution in [0, 0.1) is 15.2 Å². The first kappa shape index (κ1) is 22.1. The van der Waals surface area contributed by atoms with Gasteiger partial charge in [0, 0.05) is 15.7 Å². The molecule has 5 N–H and O–H groups in total. The van der Waals surface area contributed by atoms with Crippen molar-refractivity contribution in [2.24, 2.45) is 5.73 Å². The van der Waals surface area contributed by atoms with Crippen LogP contribution in [0.4, 0.5) is 25.0 Å². The van der Waals surface area contributed by atoms with E-state index in [9.17, 15) is 18.4 Å².